The second-order valence-electron chi connectivity index (χ2n) is 6.00. The summed E-state index contributed by atoms with van der Waals surface area (Å²) in [5.74, 6) is 1.67. The van der Waals surface area contributed by atoms with Gasteiger partial charge in [-0.1, -0.05) is 10.3 Å². The van der Waals surface area contributed by atoms with E-state index in [0.29, 0.717) is 22.4 Å². The Labute approximate surface area is 148 Å². The molecular weight excluding hydrogens is 340 g/mol. The number of H-pyrrole nitrogens is 1. The van der Waals surface area contributed by atoms with E-state index in [2.05, 4.69) is 19.9 Å². The van der Waals surface area contributed by atoms with Gasteiger partial charge in [-0.2, -0.15) is 4.98 Å². The van der Waals surface area contributed by atoms with Gasteiger partial charge in [-0.3, -0.25) is 4.98 Å². The van der Waals surface area contributed by atoms with Crippen molar-refractivity contribution in [2.45, 2.75) is 24.8 Å². The molecule has 1 unspecified atom stereocenters. The Hall–Kier alpha value is -2.32. The van der Waals surface area contributed by atoms with Crippen LogP contribution in [0.4, 0.5) is 0 Å². The van der Waals surface area contributed by atoms with Gasteiger partial charge in [0.25, 0.3) is 0 Å². The van der Waals surface area contributed by atoms with Gasteiger partial charge in [0, 0.05) is 29.1 Å². The number of nitrogens with one attached hydrogen (secondary N) is 1. The standard InChI is InChI=1S/C17H22N4O3S/c1-10-8-18-13(11(2)15(10)24-4)9-25(5,22)17-19-12-6-7-14(23-3)20-16(12)21-17/h6-8,22H,9H2,1-5H3,(H,19,20,21). The lowest BCUT2D eigenvalue weighted by Gasteiger charge is -2.27. The molecule has 0 amide bonds. The van der Waals surface area contributed by atoms with E-state index in [4.69, 9.17) is 9.47 Å². The van der Waals surface area contributed by atoms with Gasteiger partial charge >= 0.3 is 0 Å². The van der Waals surface area contributed by atoms with Crippen molar-refractivity contribution in [3.05, 3.63) is 35.2 Å². The molecule has 0 saturated heterocycles. The number of hydrogen-bond donors (Lipinski definition) is 2. The highest BCUT2D eigenvalue weighted by Gasteiger charge is 2.25. The molecule has 2 N–H and O–H groups in total. The maximum Gasteiger partial charge on any atom is 0.215 e. The van der Waals surface area contributed by atoms with E-state index < -0.39 is 10.3 Å². The topological polar surface area (TPSA) is 93.2 Å². The summed E-state index contributed by atoms with van der Waals surface area (Å²) in [4.78, 5) is 16.4. The highest BCUT2D eigenvalue weighted by atomic mass is 32.3. The number of fused-ring (bicyclic) bond motifs is 1. The van der Waals surface area contributed by atoms with E-state index >= 15 is 0 Å². The molecule has 3 aromatic rings. The summed E-state index contributed by atoms with van der Waals surface area (Å²) in [6.07, 6.45) is 3.55. The molecule has 0 spiro atoms. The number of rotatable bonds is 5. The van der Waals surface area contributed by atoms with Crippen LogP contribution in [0.15, 0.2) is 23.5 Å². The molecule has 25 heavy (non-hydrogen) atoms. The van der Waals surface area contributed by atoms with Crippen molar-refractivity contribution < 1.29 is 14.0 Å². The normalized spacial score (nSPS) is 15.0. The molecule has 134 valence electrons. The van der Waals surface area contributed by atoms with Gasteiger partial charge in [0.15, 0.2) is 10.8 Å². The molecule has 0 bridgehead atoms. The minimum atomic E-state index is -2.22. The summed E-state index contributed by atoms with van der Waals surface area (Å²) in [5.41, 5.74) is 3.99. The van der Waals surface area contributed by atoms with E-state index in [0.717, 1.165) is 28.1 Å². The first-order chi connectivity index (χ1) is 11.9. The Kier molecular flexibility index (Phi) is 4.57. The molecule has 0 fully saturated rings. The number of imidazole rings is 1. The molecule has 0 aliphatic carbocycles. The number of hydrogen-bond acceptors (Lipinski definition) is 6. The van der Waals surface area contributed by atoms with Gasteiger partial charge in [-0.25, -0.2) is 4.98 Å². The number of aryl methyl sites for hydroxylation is 1. The van der Waals surface area contributed by atoms with E-state index in [1.807, 2.05) is 19.9 Å². The minimum Gasteiger partial charge on any atom is -0.496 e. The van der Waals surface area contributed by atoms with E-state index in [1.165, 1.54) is 0 Å². The summed E-state index contributed by atoms with van der Waals surface area (Å²) in [6.45, 7) is 3.90. The Bertz CT molecular complexity index is 924. The van der Waals surface area contributed by atoms with Crippen LogP contribution in [0.5, 0.6) is 11.6 Å². The van der Waals surface area contributed by atoms with Gasteiger partial charge in [0.05, 0.1) is 25.4 Å². The molecule has 0 aliphatic rings. The average molecular weight is 362 g/mol. The third kappa shape index (κ3) is 3.27. The summed E-state index contributed by atoms with van der Waals surface area (Å²) >= 11 is 0. The SMILES string of the molecule is COc1ccc2[nH]c(S(C)(O)Cc3ncc(C)c(OC)c3C)nc2n1. The third-order valence-corrected chi connectivity index (χ3v) is 5.95. The molecule has 1 atom stereocenters. The quantitative estimate of drug-likeness (QED) is 0.722. The number of nitrogens with zero attached hydrogens (tertiary/aromatic N) is 3. The smallest absolute Gasteiger partial charge is 0.215 e. The van der Waals surface area contributed by atoms with E-state index in [1.54, 1.807) is 32.7 Å². The highest BCUT2D eigenvalue weighted by Crippen LogP contribution is 2.50. The van der Waals surface area contributed by atoms with Gasteiger partial charge in [-0.05, 0) is 26.2 Å². The number of aromatic nitrogens is 4. The van der Waals surface area contributed by atoms with Crippen LogP contribution in [0.2, 0.25) is 0 Å². The lowest BCUT2D eigenvalue weighted by molar-refractivity contribution is 0.399. The van der Waals surface area contributed by atoms with Crippen LogP contribution in [0.3, 0.4) is 0 Å². The molecule has 3 heterocycles. The largest absolute Gasteiger partial charge is 0.496 e. The highest BCUT2D eigenvalue weighted by molar-refractivity contribution is 8.27. The summed E-state index contributed by atoms with van der Waals surface area (Å²) < 4.78 is 21.6. The molecule has 8 heteroatoms. The van der Waals surface area contributed by atoms with Crippen LogP contribution in [-0.4, -0.2) is 45.0 Å². The molecule has 3 rings (SSSR count). The monoisotopic (exact) mass is 362 g/mol. The molecule has 7 nitrogen and oxygen atoms in total. The Morgan fingerprint density at radius 1 is 1.16 bits per heavy atom. The lowest BCUT2D eigenvalue weighted by atomic mass is 10.1. The number of pyridine rings is 2. The lowest BCUT2D eigenvalue weighted by Crippen LogP contribution is -2.07. The zero-order valence-electron chi connectivity index (χ0n) is 15.0. The molecule has 3 aromatic heterocycles. The van der Waals surface area contributed by atoms with Gasteiger partial charge in [-0.15, -0.1) is 0 Å². The first kappa shape index (κ1) is 17.5. The van der Waals surface area contributed by atoms with Crippen LogP contribution in [-0.2, 0) is 5.75 Å². The van der Waals surface area contributed by atoms with Crippen molar-refractivity contribution in [2.75, 3.05) is 20.5 Å². The Morgan fingerprint density at radius 3 is 2.60 bits per heavy atom. The summed E-state index contributed by atoms with van der Waals surface area (Å²) in [7, 11) is 0.979. The third-order valence-electron chi connectivity index (χ3n) is 4.09. The van der Waals surface area contributed by atoms with Gasteiger partial charge in [0.2, 0.25) is 5.88 Å². The van der Waals surface area contributed by atoms with Crippen LogP contribution >= 0.6 is 10.3 Å². The predicted molar refractivity (Wildman–Crippen MR) is 98.8 cm³/mol. The van der Waals surface area contributed by atoms with Crippen molar-refractivity contribution in [1.82, 2.24) is 19.9 Å². The predicted octanol–water partition coefficient (Wildman–Crippen LogP) is 3.45. The minimum absolute atomic E-state index is 0.381. The Balaban J connectivity index is 1.97. The van der Waals surface area contributed by atoms with Crippen molar-refractivity contribution in [3.8, 4) is 11.6 Å². The average Bonchev–Trinajstić information content (AvgIpc) is 3.02. The van der Waals surface area contributed by atoms with Gasteiger partial charge < -0.3 is 19.0 Å². The van der Waals surface area contributed by atoms with Crippen LogP contribution in [0.25, 0.3) is 11.2 Å². The molecule has 0 saturated carbocycles. The van der Waals surface area contributed by atoms with E-state index in [9.17, 15) is 4.55 Å². The van der Waals surface area contributed by atoms with E-state index in [-0.39, 0.29) is 0 Å². The van der Waals surface area contributed by atoms with Crippen molar-refractivity contribution >= 4 is 21.5 Å². The molecule has 0 aliphatic heterocycles. The molecule has 0 aromatic carbocycles. The summed E-state index contributed by atoms with van der Waals surface area (Å²) in [5, 5.41) is 0.518. The fraction of sp³-hybridized carbons (Fsp3) is 0.353. The fourth-order valence-corrected chi connectivity index (χ4v) is 4.30. The van der Waals surface area contributed by atoms with Crippen LogP contribution in [0, 0.1) is 13.8 Å². The van der Waals surface area contributed by atoms with Crippen LogP contribution in [0.1, 0.15) is 16.8 Å². The molecule has 0 radical (unpaired) electrons. The second-order valence-corrected chi connectivity index (χ2v) is 8.75. The number of aromatic amines is 1. The maximum atomic E-state index is 11.1. The first-order valence-electron chi connectivity index (χ1n) is 7.74. The first-order valence-corrected chi connectivity index (χ1v) is 9.90. The van der Waals surface area contributed by atoms with Crippen LogP contribution < -0.4 is 9.47 Å². The summed E-state index contributed by atoms with van der Waals surface area (Å²) in [6, 6.07) is 3.59. The number of ether oxygens (including phenoxy) is 2. The zero-order chi connectivity index (χ0) is 18.2. The van der Waals surface area contributed by atoms with Crippen molar-refractivity contribution in [3.63, 3.8) is 0 Å². The van der Waals surface area contributed by atoms with Gasteiger partial charge in [0.1, 0.15) is 5.75 Å². The van der Waals surface area contributed by atoms with Crippen molar-refractivity contribution in [1.29, 1.82) is 0 Å². The maximum absolute atomic E-state index is 11.1. The molecular formula is C17H22N4O3S. The second kappa shape index (κ2) is 6.53. The zero-order valence-corrected chi connectivity index (χ0v) is 15.8. The number of methoxy groups -OCH3 is 2. The van der Waals surface area contributed by atoms with Crippen molar-refractivity contribution in [2.24, 2.45) is 0 Å². The fourth-order valence-electron chi connectivity index (χ4n) is 2.73. The Morgan fingerprint density at radius 2 is 1.92 bits per heavy atom.